The van der Waals surface area contributed by atoms with Crippen LogP contribution in [0.2, 0.25) is 0 Å². The molecule has 19 nitrogen and oxygen atoms in total. The Morgan fingerprint density at radius 3 is 1.21 bits per heavy atom. The molecule has 3 fully saturated rings. The highest BCUT2D eigenvalue weighted by atomic mass is 16.8. The number of aliphatic hydroxyl groups excluding tert-OH is 11. The van der Waals surface area contributed by atoms with Crippen LogP contribution in [-0.2, 0) is 33.2 Å². The Morgan fingerprint density at radius 1 is 0.429 bits per heavy atom. The summed E-state index contributed by atoms with van der Waals surface area (Å²) >= 11 is 0. The van der Waals surface area contributed by atoms with Crippen LogP contribution in [0.3, 0.4) is 0 Å². The highest BCUT2D eigenvalue weighted by molar-refractivity contribution is 5.76. The monoisotopic (exact) mass is 1200 g/mol. The molecule has 0 aromatic heterocycles. The topological polar surface area (TPSA) is 307 Å². The average molecular weight is 1200 g/mol. The van der Waals surface area contributed by atoms with Crippen molar-refractivity contribution < 1.29 is 89.4 Å². The van der Waals surface area contributed by atoms with Crippen LogP contribution in [0.1, 0.15) is 239 Å². The van der Waals surface area contributed by atoms with E-state index in [9.17, 15) is 61.0 Å². The minimum Gasteiger partial charge on any atom is -0.394 e. The van der Waals surface area contributed by atoms with Crippen LogP contribution in [0.5, 0.6) is 0 Å². The summed E-state index contributed by atoms with van der Waals surface area (Å²) in [7, 11) is 0. The first-order valence-corrected chi connectivity index (χ1v) is 33.2. The fourth-order valence-corrected chi connectivity index (χ4v) is 11.2. The van der Waals surface area contributed by atoms with E-state index in [1.807, 2.05) is 6.08 Å². The zero-order valence-corrected chi connectivity index (χ0v) is 51.6. The second-order valence-corrected chi connectivity index (χ2v) is 23.9. The molecule has 0 bridgehead atoms. The Morgan fingerprint density at radius 2 is 0.786 bits per heavy atom. The predicted octanol–water partition coefficient (Wildman–Crippen LogP) is 7.66. The van der Waals surface area contributed by atoms with Gasteiger partial charge in [-0.25, -0.2) is 0 Å². The first-order valence-electron chi connectivity index (χ1n) is 33.2. The van der Waals surface area contributed by atoms with Crippen LogP contribution in [0.4, 0.5) is 0 Å². The van der Waals surface area contributed by atoms with E-state index in [0.717, 1.165) is 64.2 Å². The largest absolute Gasteiger partial charge is 0.394 e. The van der Waals surface area contributed by atoms with E-state index in [1.165, 1.54) is 148 Å². The SMILES string of the molecule is CCCCCCC/C=C\C/C=C\CCCCCCCCCCCC(=O)NC(COC1OC(CO)C(OC2OC(CO)C(OC3OC(CO)C(O)C(O)C3O)C(O)C2O)C(O)C1O)C(O)/C=C/CCCCCCCCCCCCCCCCCC. The minimum absolute atomic E-state index is 0.239. The molecule has 0 saturated carbocycles. The maximum absolute atomic E-state index is 13.4. The van der Waals surface area contributed by atoms with Crippen molar-refractivity contribution >= 4 is 5.91 Å². The number of unbranched alkanes of at least 4 members (excludes halogenated alkanes) is 30. The first kappa shape index (κ1) is 76.3. The molecule has 0 aliphatic carbocycles. The lowest BCUT2D eigenvalue weighted by Crippen LogP contribution is -2.66. The molecule has 17 unspecified atom stereocenters. The zero-order chi connectivity index (χ0) is 61.2. The molecule has 12 N–H and O–H groups in total. The number of hydrogen-bond acceptors (Lipinski definition) is 18. The Bertz CT molecular complexity index is 1670. The number of amides is 1. The molecule has 3 aliphatic heterocycles. The molecular weight excluding hydrogens is 1080 g/mol. The standard InChI is InChI=1S/C65H119NO18/c1-3-5-7-9-11-13-15-17-19-21-23-24-25-27-29-31-33-35-37-39-41-43-53(71)66-48(49(70)42-40-38-36-34-32-30-28-26-22-20-18-16-14-12-10-8-6-4-2)47-79-63-59(77)56(74)61(51(45-68)81-63)84-65-60(78)57(75)62(52(46-69)82-65)83-64-58(76)55(73)54(72)50(44-67)80-64/h15,17,21,23,40,42,48-52,54-65,67-70,72-78H,3-14,16,18-20,22,24-39,41,43-47H2,1-2H3,(H,66,71)/b17-15-,23-21-,42-40+. The van der Waals surface area contributed by atoms with Crippen molar-refractivity contribution in [3.05, 3.63) is 36.5 Å². The van der Waals surface area contributed by atoms with Crippen molar-refractivity contribution in [1.82, 2.24) is 5.32 Å². The maximum atomic E-state index is 13.4. The third kappa shape index (κ3) is 30.5. The smallest absolute Gasteiger partial charge is 0.220 e. The normalized spacial score (nSPS) is 29.4. The van der Waals surface area contributed by atoms with Gasteiger partial charge in [0.2, 0.25) is 5.91 Å². The van der Waals surface area contributed by atoms with E-state index in [1.54, 1.807) is 6.08 Å². The van der Waals surface area contributed by atoms with Gasteiger partial charge in [0.15, 0.2) is 18.9 Å². The molecule has 0 aromatic carbocycles. The van der Waals surface area contributed by atoms with Gasteiger partial charge < -0.3 is 89.9 Å². The summed E-state index contributed by atoms with van der Waals surface area (Å²) in [5.74, 6) is -0.279. The van der Waals surface area contributed by atoms with Gasteiger partial charge in [-0.15, -0.1) is 0 Å². The van der Waals surface area contributed by atoms with E-state index < -0.39 is 124 Å². The number of allylic oxidation sites excluding steroid dienone is 5. The molecule has 0 radical (unpaired) electrons. The third-order valence-electron chi connectivity index (χ3n) is 16.7. The first-order chi connectivity index (χ1) is 40.8. The number of carbonyl (C=O) groups excluding carboxylic acids is 1. The molecular formula is C65H119NO18. The van der Waals surface area contributed by atoms with Crippen LogP contribution in [0.15, 0.2) is 36.5 Å². The van der Waals surface area contributed by atoms with Gasteiger partial charge in [-0.2, -0.15) is 0 Å². The van der Waals surface area contributed by atoms with E-state index >= 15 is 0 Å². The summed E-state index contributed by atoms with van der Waals surface area (Å²) in [5.41, 5.74) is 0. The lowest BCUT2D eigenvalue weighted by molar-refractivity contribution is -0.379. The van der Waals surface area contributed by atoms with E-state index in [-0.39, 0.29) is 18.9 Å². The van der Waals surface area contributed by atoms with Gasteiger partial charge in [0, 0.05) is 6.42 Å². The van der Waals surface area contributed by atoms with Gasteiger partial charge >= 0.3 is 0 Å². The highest BCUT2D eigenvalue weighted by Gasteiger charge is 2.53. The van der Waals surface area contributed by atoms with Crippen LogP contribution in [0.25, 0.3) is 0 Å². The summed E-state index contributed by atoms with van der Waals surface area (Å²) in [6.45, 7) is 1.73. The number of nitrogens with one attached hydrogen (secondary N) is 1. The van der Waals surface area contributed by atoms with E-state index in [4.69, 9.17) is 28.4 Å². The fraction of sp³-hybridized carbons (Fsp3) is 0.892. The molecule has 3 heterocycles. The molecule has 3 saturated heterocycles. The van der Waals surface area contributed by atoms with Crippen molar-refractivity contribution in [3.8, 4) is 0 Å². The molecule has 1 amide bonds. The summed E-state index contributed by atoms with van der Waals surface area (Å²) in [6.07, 6.45) is 26.8. The van der Waals surface area contributed by atoms with Gasteiger partial charge in [-0.05, 0) is 51.4 Å². The number of carbonyl (C=O) groups is 1. The number of hydrogen-bond donors (Lipinski definition) is 12. The van der Waals surface area contributed by atoms with Gasteiger partial charge in [-0.3, -0.25) is 4.79 Å². The lowest BCUT2D eigenvalue weighted by Gasteiger charge is -2.48. The Labute approximate surface area is 504 Å². The summed E-state index contributed by atoms with van der Waals surface area (Å²) in [4.78, 5) is 13.4. The average Bonchev–Trinajstić information content (AvgIpc) is 2.76. The van der Waals surface area contributed by atoms with Crippen molar-refractivity contribution in [3.63, 3.8) is 0 Å². The van der Waals surface area contributed by atoms with Crippen LogP contribution < -0.4 is 5.32 Å². The summed E-state index contributed by atoms with van der Waals surface area (Å²) in [6, 6.07) is -0.975. The van der Waals surface area contributed by atoms with Crippen LogP contribution >= 0.6 is 0 Å². The lowest BCUT2D eigenvalue weighted by atomic mass is 9.96. The van der Waals surface area contributed by atoms with Crippen LogP contribution in [-0.4, -0.2) is 193 Å². The van der Waals surface area contributed by atoms with Crippen molar-refractivity contribution in [2.45, 2.75) is 343 Å². The Hall–Kier alpha value is -1.99. The number of aliphatic hydroxyl groups is 11. The quantitative estimate of drug-likeness (QED) is 0.0205. The van der Waals surface area contributed by atoms with Gasteiger partial charge in [-0.1, -0.05) is 217 Å². The Kier molecular flexibility index (Phi) is 43.5. The predicted molar refractivity (Wildman–Crippen MR) is 323 cm³/mol. The zero-order valence-electron chi connectivity index (χ0n) is 51.6. The molecule has 3 rings (SSSR count). The van der Waals surface area contributed by atoms with Crippen molar-refractivity contribution in [2.24, 2.45) is 0 Å². The second-order valence-electron chi connectivity index (χ2n) is 23.9. The van der Waals surface area contributed by atoms with Gasteiger partial charge in [0.25, 0.3) is 0 Å². The third-order valence-corrected chi connectivity index (χ3v) is 16.7. The van der Waals surface area contributed by atoms with Crippen molar-refractivity contribution in [1.29, 1.82) is 0 Å². The molecule has 17 atom stereocenters. The molecule has 3 aliphatic rings. The summed E-state index contributed by atoms with van der Waals surface area (Å²) < 4.78 is 34.3. The van der Waals surface area contributed by atoms with Crippen LogP contribution in [0, 0.1) is 0 Å². The van der Waals surface area contributed by atoms with E-state index in [0.29, 0.717) is 6.42 Å². The molecule has 492 valence electrons. The minimum atomic E-state index is -1.98. The van der Waals surface area contributed by atoms with Crippen molar-refractivity contribution in [2.75, 3.05) is 26.4 Å². The maximum Gasteiger partial charge on any atom is 0.220 e. The van der Waals surface area contributed by atoms with Gasteiger partial charge in [0.1, 0.15) is 73.2 Å². The Balaban J connectivity index is 1.47. The fourth-order valence-electron chi connectivity index (χ4n) is 11.2. The number of rotatable bonds is 50. The second kappa shape index (κ2) is 47.9. The highest BCUT2D eigenvalue weighted by Crippen LogP contribution is 2.33. The van der Waals surface area contributed by atoms with Gasteiger partial charge in [0.05, 0.1) is 38.6 Å². The molecule has 0 aromatic rings. The molecule has 0 spiro atoms. The summed E-state index contributed by atoms with van der Waals surface area (Å²) in [5, 5.41) is 120. The number of ether oxygens (including phenoxy) is 6. The molecule has 19 heteroatoms. The van der Waals surface area contributed by atoms with E-state index in [2.05, 4.69) is 43.5 Å². The molecule has 84 heavy (non-hydrogen) atoms.